The van der Waals surface area contributed by atoms with Gasteiger partial charge in [0.15, 0.2) is 0 Å². The molecule has 2 saturated heterocycles. The van der Waals surface area contributed by atoms with E-state index < -0.39 is 12.0 Å². The Morgan fingerprint density at radius 2 is 1.83 bits per heavy atom. The molecule has 2 aliphatic rings. The van der Waals surface area contributed by atoms with Crippen molar-refractivity contribution in [1.82, 2.24) is 9.80 Å². The Bertz CT molecular complexity index is 345. The molecule has 2 amide bonds. The molecule has 3 atom stereocenters. The zero-order chi connectivity index (χ0) is 13.3. The Morgan fingerprint density at radius 1 is 1.11 bits per heavy atom. The summed E-state index contributed by atoms with van der Waals surface area (Å²) >= 11 is 0. The van der Waals surface area contributed by atoms with Crippen molar-refractivity contribution < 1.29 is 14.7 Å². The molecule has 1 N–H and O–H groups in total. The standard InChI is InChI=1S/C13H22N2O3/c1-9-5-6-10(2)15(8-9)13(18)14-7-3-4-11(14)12(16)17/h9-11H,3-8H2,1-2H3,(H,16,17)/t9?,10?,11-/m1/s1. The van der Waals surface area contributed by atoms with Gasteiger partial charge in [-0.15, -0.1) is 0 Å². The van der Waals surface area contributed by atoms with Crippen LogP contribution in [0.15, 0.2) is 0 Å². The SMILES string of the molecule is CC1CCC(C)N(C(=O)N2CCC[C@@H]2C(=O)O)C1. The molecule has 2 rings (SSSR count). The van der Waals surface area contributed by atoms with E-state index in [1.54, 1.807) is 0 Å². The highest BCUT2D eigenvalue weighted by Crippen LogP contribution is 2.26. The molecule has 2 fully saturated rings. The Kier molecular flexibility index (Phi) is 3.78. The molecule has 5 heteroatoms. The average Bonchev–Trinajstić information content (AvgIpc) is 2.80. The molecule has 0 aromatic heterocycles. The second kappa shape index (κ2) is 5.16. The number of amides is 2. The van der Waals surface area contributed by atoms with Crippen LogP contribution in [-0.2, 0) is 4.79 Å². The number of piperidine rings is 1. The summed E-state index contributed by atoms with van der Waals surface area (Å²) in [7, 11) is 0. The first-order valence-electron chi connectivity index (χ1n) is 6.80. The second-order valence-electron chi connectivity index (χ2n) is 5.66. The normalized spacial score (nSPS) is 32.7. The van der Waals surface area contributed by atoms with E-state index in [9.17, 15) is 9.59 Å². The highest BCUT2D eigenvalue weighted by Gasteiger charge is 2.38. The van der Waals surface area contributed by atoms with Crippen molar-refractivity contribution >= 4 is 12.0 Å². The van der Waals surface area contributed by atoms with Crippen LogP contribution in [0, 0.1) is 5.92 Å². The molecule has 0 bridgehead atoms. The van der Waals surface area contributed by atoms with Crippen molar-refractivity contribution in [1.29, 1.82) is 0 Å². The zero-order valence-electron chi connectivity index (χ0n) is 11.1. The molecule has 0 spiro atoms. The van der Waals surface area contributed by atoms with E-state index in [1.807, 2.05) is 4.90 Å². The summed E-state index contributed by atoms with van der Waals surface area (Å²) in [5, 5.41) is 9.14. The van der Waals surface area contributed by atoms with Crippen LogP contribution in [0.3, 0.4) is 0 Å². The van der Waals surface area contributed by atoms with Gasteiger partial charge in [-0.2, -0.15) is 0 Å². The van der Waals surface area contributed by atoms with Crippen LogP contribution in [0.5, 0.6) is 0 Å². The van der Waals surface area contributed by atoms with Gasteiger partial charge in [-0.1, -0.05) is 6.92 Å². The van der Waals surface area contributed by atoms with Gasteiger partial charge in [0, 0.05) is 19.1 Å². The minimum absolute atomic E-state index is 0.0843. The Balaban J connectivity index is 2.07. The Labute approximate surface area is 108 Å². The fourth-order valence-corrected chi connectivity index (χ4v) is 2.97. The van der Waals surface area contributed by atoms with Gasteiger partial charge in [0.2, 0.25) is 0 Å². The molecule has 0 aromatic carbocycles. The maximum absolute atomic E-state index is 12.5. The Hall–Kier alpha value is -1.26. The molecule has 2 unspecified atom stereocenters. The number of carboxylic acids is 1. The summed E-state index contributed by atoms with van der Waals surface area (Å²) in [5.74, 6) is -0.366. The highest BCUT2D eigenvalue weighted by molar-refractivity contribution is 5.83. The third-order valence-electron chi connectivity index (χ3n) is 4.15. The minimum atomic E-state index is -0.876. The van der Waals surface area contributed by atoms with E-state index in [2.05, 4.69) is 13.8 Å². The van der Waals surface area contributed by atoms with Gasteiger partial charge >= 0.3 is 12.0 Å². The summed E-state index contributed by atoms with van der Waals surface area (Å²) in [4.78, 5) is 27.0. The summed E-state index contributed by atoms with van der Waals surface area (Å²) in [6.07, 6.45) is 3.53. The van der Waals surface area contributed by atoms with E-state index >= 15 is 0 Å². The van der Waals surface area contributed by atoms with E-state index in [1.165, 1.54) is 4.90 Å². The fraction of sp³-hybridized carbons (Fsp3) is 0.846. The van der Waals surface area contributed by atoms with E-state index in [4.69, 9.17) is 5.11 Å². The number of nitrogens with zero attached hydrogens (tertiary/aromatic N) is 2. The monoisotopic (exact) mass is 254 g/mol. The van der Waals surface area contributed by atoms with Gasteiger partial charge < -0.3 is 14.9 Å². The topological polar surface area (TPSA) is 60.9 Å². The molecule has 0 saturated carbocycles. The lowest BCUT2D eigenvalue weighted by atomic mass is 9.95. The molecule has 2 heterocycles. The van der Waals surface area contributed by atoms with Crippen LogP contribution < -0.4 is 0 Å². The van der Waals surface area contributed by atoms with Crippen LogP contribution in [0.25, 0.3) is 0 Å². The number of hydrogen-bond acceptors (Lipinski definition) is 2. The first-order valence-corrected chi connectivity index (χ1v) is 6.80. The van der Waals surface area contributed by atoms with Crippen LogP contribution >= 0.6 is 0 Å². The molecule has 0 radical (unpaired) electrons. The number of carbonyl (C=O) groups excluding carboxylic acids is 1. The number of aliphatic carboxylic acids is 1. The molecular weight excluding hydrogens is 232 g/mol. The molecule has 0 aliphatic carbocycles. The lowest BCUT2D eigenvalue weighted by Gasteiger charge is -2.39. The quantitative estimate of drug-likeness (QED) is 0.776. The van der Waals surface area contributed by atoms with E-state index in [0.29, 0.717) is 18.9 Å². The number of likely N-dealkylation sites (tertiary alicyclic amines) is 2. The van der Waals surface area contributed by atoms with E-state index in [0.717, 1.165) is 25.8 Å². The first-order chi connectivity index (χ1) is 8.50. The fourth-order valence-electron chi connectivity index (χ4n) is 2.97. The van der Waals surface area contributed by atoms with Crippen molar-refractivity contribution in [2.45, 2.75) is 51.6 Å². The largest absolute Gasteiger partial charge is 0.480 e. The van der Waals surface area contributed by atoms with E-state index in [-0.39, 0.29) is 12.1 Å². The summed E-state index contributed by atoms with van der Waals surface area (Å²) in [5.41, 5.74) is 0. The van der Waals surface area contributed by atoms with Gasteiger partial charge in [-0.25, -0.2) is 9.59 Å². The summed E-state index contributed by atoms with van der Waals surface area (Å²) in [6, 6.07) is -0.482. The lowest BCUT2D eigenvalue weighted by Crippen LogP contribution is -2.53. The van der Waals surface area contributed by atoms with Crippen LogP contribution in [0.2, 0.25) is 0 Å². The highest BCUT2D eigenvalue weighted by atomic mass is 16.4. The predicted octanol–water partition coefficient (Wildman–Crippen LogP) is 1.78. The van der Waals surface area contributed by atoms with Gasteiger partial charge in [-0.05, 0) is 38.5 Å². The van der Waals surface area contributed by atoms with Crippen molar-refractivity contribution in [2.75, 3.05) is 13.1 Å². The maximum atomic E-state index is 12.5. The summed E-state index contributed by atoms with van der Waals surface area (Å²) < 4.78 is 0. The van der Waals surface area contributed by atoms with Crippen molar-refractivity contribution in [3.63, 3.8) is 0 Å². The molecule has 18 heavy (non-hydrogen) atoms. The predicted molar refractivity (Wildman–Crippen MR) is 67.3 cm³/mol. The van der Waals surface area contributed by atoms with Crippen LogP contribution in [-0.4, -0.2) is 52.1 Å². The van der Waals surface area contributed by atoms with Gasteiger partial charge in [0.05, 0.1) is 0 Å². The summed E-state index contributed by atoms with van der Waals surface area (Å²) in [6.45, 7) is 5.52. The number of rotatable bonds is 1. The average molecular weight is 254 g/mol. The number of urea groups is 1. The molecular formula is C13H22N2O3. The maximum Gasteiger partial charge on any atom is 0.326 e. The van der Waals surface area contributed by atoms with Crippen molar-refractivity contribution in [3.8, 4) is 0 Å². The zero-order valence-corrected chi connectivity index (χ0v) is 11.1. The van der Waals surface area contributed by atoms with Gasteiger partial charge in [-0.3, -0.25) is 0 Å². The van der Waals surface area contributed by atoms with Gasteiger partial charge in [0.1, 0.15) is 6.04 Å². The molecule has 5 nitrogen and oxygen atoms in total. The minimum Gasteiger partial charge on any atom is -0.480 e. The van der Waals surface area contributed by atoms with Crippen molar-refractivity contribution in [2.24, 2.45) is 5.92 Å². The number of carbonyl (C=O) groups is 2. The lowest BCUT2D eigenvalue weighted by molar-refractivity contribution is -0.141. The molecule has 102 valence electrons. The van der Waals surface area contributed by atoms with Crippen LogP contribution in [0.1, 0.15) is 39.5 Å². The van der Waals surface area contributed by atoms with Gasteiger partial charge in [0.25, 0.3) is 0 Å². The molecule has 0 aromatic rings. The smallest absolute Gasteiger partial charge is 0.326 e. The third kappa shape index (κ3) is 2.44. The Morgan fingerprint density at radius 3 is 2.50 bits per heavy atom. The first kappa shape index (κ1) is 13.2. The third-order valence-corrected chi connectivity index (χ3v) is 4.15. The number of carboxylic acid groups (broad SMARTS) is 1. The second-order valence-corrected chi connectivity index (χ2v) is 5.66. The number of hydrogen-bond donors (Lipinski definition) is 1. The molecule has 2 aliphatic heterocycles. The van der Waals surface area contributed by atoms with Crippen LogP contribution in [0.4, 0.5) is 4.79 Å². The van der Waals surface area contributed by atoms with Crippen molar-refractivity contribution in [3.05, 3.63) is 0 Å².